The lowest BCUT2D eigenvalue weighted by atomic mass is 9.89. The van der Waals surface area contributed by atoms with Gasteiger partial charge in [0.25, 0.3) is 0 Å². The average molecular weight is 321 g/mol. The van der Waals surface area contributed by atoms with Crippen molar-refractivity contribution in [2.24, 2.45) is 17.8 Å². The molecule has 2 unspecified atom stereocenters. The van der Waals surface area contributed by atoms with E-state index in [9.17, 15) is 8.42 Å². The van der Waals surface area contributed by atoms with Gasteiger partial charge in [-0.05, 0) is 37.1 Å². The smallest absolute Gasteiger partial charge is 0.150 e. The highest BCUT2D eigenvalue weighted by Gasteiger charge is 2.33. The van der Waals surface area contributed by atoms with Crippen LogP contribution in [-0.2, 0) is 19.3 Å². The van der Waals surface area contributed by atoms with Gasteiger partial charge >= 0.3 is 0 Å². The second-order valence-corrected chi connectivity index (χ2v) is 8.61. The number of ether oxygens (including phenoxy) is 2. The van der Waals surface area contributed by atoms with Crippen LogP contribution in [0.2, 0.25) is 0 Å². The van der Waals surface area contributed by atoms with Crippen molar-refractivity contribution < 1.29 is 17.9 Å². The number of hydrogen-bond acceptors (Lipinski definition) is 5. The van der Waals surface area contributed by atoms with Crippen LogP contribution in [0.3, 0.4) is 0 Å². The summed E-state index contributed by atoms with van der Waals surface area (Å²) >= 11 is 0. The van der Waals surface area contributed by atoms with E-state index in [1.54, 1.807) is 7.11 Å². The summed E-state index contributed by atoms with van der Waals surface area (Å²) in [7, 11) is -1.13. The SMILES string of the molecule is COCCNCC(CCOCC(C)C)C1CCS(=O)(=O)C1. The molecule has 1 N–H and O–H groups in total. The molecule has 0 aliphatic carbocycles. The fourth-order valence-electron chi connectivity index (χ4n) is 2.72. The second-order valence-electron chi connectivity index (χ2n) is 6.38. The summed E-state index contributed by atoms with van der Waals surface area (Å²) in [5.74, 6) is 1.86. The second kappa shape index (κ2) is 9.77. The fourth-order valence-corrected chi connectivity index (χ4v) is 4.64. The van der Waals surface area contributed by atoms with Gasteiger partial charge in [0.05, 0.1) is 18.1 Å². The molecule has 0 radical (unpaired) electrons. The normalized spacial score (nSPS) is 22.8. The Morgan fingerprint density at radius 3 is 2.62 bits per heavy atom. The van der Waals surface area contributed by atoms with Gasteiger partial charge in [0.2, 0.25) is 0 Å². The minimum atomic E-state index is -2.81. The monoisotopic (exact) mass is 321 g/mol. The molecule has 1 aliphatic heterocycles. The Morgan fingerprint density at radius 2 is 2.05 bits per heavy atom. The molecule has 1 saturated heterocycles. The minimum Gasteiger partial charge on any atom is -0.383 e. The van der Waals surface area contributed by atoms with Gasteiger partial charge in [-0.25, -0.2) is 8.42 Å². The van der Waals surface area contributed by atoms with E-state index in [1.165, 1.54) is 0 Å². The molecule has 1 heterocycles. The van der Waals surface area contributed by atoms with Crippen molar-refractivity contribution >= 4 is 9.84 Å². The molecule has 1 rings (SSSR count). The maximum absolute atomic E-state index is 11.7. The zero-order valence-electron chi connectivity index (χ0n) is 13.6. The summed E-state index contributed by atoms with van der Waals surface area (Å²) in [4.78, 5) is 0. The van der Waals surface area contributed by atoms with E-state index < -0.39 is 9.84 Å². The molecule has 1 aliphatic rings. The van der Waals surface area contributed by atoms with Gasteiger partial charge in [-0.15, -0.1) is 0 Å². The Bertz CT molecular complexity index is 370. The van der Waals surface area contributed by atoms with Crippen LogP contribution in [0, 0.1) is 17.8 Å². The van der Waals surface area contributed by atoms with Crippen LogP contribution in [0.25, 0.3) is 0 Å². The van der Waals surface area contributed by atoms with E-state index in [2.05, 4.69) is 19.2 Å². The lowest BCUT2D eigenvalue weighted by Crippen LogP contribution is -2.32. The maximum Gasteiger partial charge on any atom is 0.150 e. The van der Waals surface area contributed by atoms with Gasteiger partial charge in [-0.2, -0.15) is 0 Å². The largest absolute Gasteiger partial charge is 0.383 e. The highest BCUT2D eigenvalue weighted by Crippen LogP contribution is 2.28. The van der Waals surface area contributed by atoms with Gasteiger partial charge in [0.15, 0.2) is 9.84 Å². The van der Waals surface area contributed by atoms with Crippen molar-refractivity contribution in [3.8, 4) is 0 Å². The molecule has 0 saturated carbocycles. The molecule has 0 aromatic carbocycles. The van der Waals surface area contributed by atoms with Crippen LogP contribution in [-0.4, -0.2) is 59.9 Å². The summed E-state index contributed by atoms with van der Waals surface area (Å²) in [5, 5.41) is 3.36. The molecule has 21 heavy (non-hydrogen) atoms. The lowest BCUT2D eigenvalue weighted by Gasteiger charge is -2.23. The van der Waals surface area contributed by atoms with E-state index >= 15 is 0 Å². The van der Waals surface area contributed by atoms with E-state index in [1.807, 2.05) is 0 Å². The Hall–Kier alpha value is -0.170. The van der Waals surface area contributed by atoms with Crippen molar-refractivity contribution in [3.05, 3.63) is 0 Å². The molecular formula is C15H31NO4S. The number of sulfone groups is 1. The molecular weight excluding hydrogens is 290 g/mol. The predicted octanol–water partition coefficient (Wildman–Crippen LogP) is 1.34. The molecule has 0 aromatic rings. The third-order valence-corrected chi connectivity index (χ3v) is 5.70. The Balaban J connectivity index is 2.38. The molecule has 126 valence electrons. The molecule has 1 fully saturated rings. The van der Waals surface area contributed by atoms with E-state index in [-0.39, 0.29) is 5.92 Å². The van der Waals surface area contributed by atoms with Gasteiger partial charge in [0, 0.05) is 26.9 Å². The van der Waals surface area contributed by atoms with Crippen LogP contribution in [0.4, 0.5) is 0 Å². The summed E-state index contributed by atoms with van der Waals surface area (Å²) in [5.41, 5.74) is 0. The van der Waals surface area contributed by atoms with Crippen LogP contribution < -0.4 is 5.32 Å². The number of nitrogens with one attached hydrogen (secondary N) is 1. The van der Waals surface area contributed by atoms with Crippen molar-refractivity contribution in [2.45, 2.75) is 26.7 Å². The third kappa shape index (κ3) is 8.14. The summed E-state index contributed by atoms with van der Waals surface area (Å²) in [6.07, 6.45) is 1.72. The average Bonchev–Trinajstić information content (AvgIpc) is 2.77. The Kier molecular flexibility index (Phi) is 8.78. The fraction of sp³-hybridized carbons (Fsp3) is 1.00. The molecule has 2 atom stereocenters. The Morgan fingerprint density at radius 1 is 1.29 bits per heavy atom. The third-order valence-electron chi connectivity index (χ3n) is 3.91. The maximum atomic E-state index is 11.7. The van der Waals surface area contributed by atoms with Crippen LogP contribution >= 0.6 is 0 Å². The molecule has 0 spiro atoms. The standard InChI is InChI=1S/C15H31NO4S/c1-13(2)11-20-7-4-14(10-16-6-8-19-3)15-5-9-21(17,18)12-15/h13-16H,4-12H2,1-3H3. The summed E-state index contributed by atoms with van der Waals surface area (Å²) in [6, 6.07) is 0. The highest BCUT2D eigenvalue weighted by molar-refractivity contribution is 7.91. The number of methoxy groups -OCH3 is 1. The highest BCUT2D eigenvalue weighted by atomic mass is 32.2. The first kappa shape index (κ1) is 18.9. The minimum absolute atomic E-state index is 0.271. The Labute approximate surface area is 129 Å². The number of rotatable bonds is 11. The topological polar surface area (TPSA) is 64.6 Å². The first-order chi connectivity index (χ1) is 9.94. The van der Waals surface area contributed by atoms with Gasteiger partial charge < -0.3 is 14.8 Å². The van der Waals surface area contributed by atoms with Crippen molar-refractivity contribution in [1.82, 2.24) is 5.32 Å². The van der Waals surface area contributed by atoms with Gasteiger partial charge in [-0.1, -0.05) is 13.8 Å². The molecule has 0 aromatic heterocycles. The van der Waals surface area contributed by atoms with Gasteiger partial charge in [-0.3, -0.25) is 0 Å². The van der Waals surface area contributed by atoms with Crippen molar-refractivity contribution in [2.75, 3.05) is 51.5 Å². The lowest BCUT2D eigenvalue weighted by molar-refractivity contribution is 0.0909. The summed E-state index contributed by atoms with van der Waals surface area (Å²) in [6.45, 7) is 8.08. The number of hydrogen-bond donors (Lipinski definition) is 1. The molecule has 0 bridgehead atoms. The first-order valence-electron chi connectivity index (χ1n) is 7.92. The predicted molar refractivity (Wildman–Crippen MR) is 85.3 cm³/mol. The first-order valence-corrected chi connectivity index (χ1v) is 9.74. The van der Waals surface area contributed by atoms with Crippen molar-refractivity contribution in [1.29, 1.82) is 0 Å². The van der Waals surface area contributed by atoms with Crippen LogP contribution in [0.1, 0.15) is 26.7 Å². The van der Waals surface area contributed by atoms with E-state index in [4.69, 9.17) is 9.47 Å². The molecule has 5 nitrogen and oxygen atoms in total. The zero-order valence-corrected chi connectivity index (χ0v) is 14.5. The quantitative estimate of drug-likeness (QED) is 0.582. The van der Waals surface area contributed by atoms with E-state index in [0.29, 0.717) is 36.6 Å². The zero-order chi connectivity index (χ0) is 15.7. The van der Waals surface area contributed by atoms with E-state index in [0.717, 1.165) is 32.5 Å². The van der Waals surface area contributed by atoms with Crippen LogP contribution in [0.5, 0.6) is 0 Å². The van der Waals surface area contributed by atoms with Crippen LogP contribution in [0.15, 0.2) is 0 Å². The van der Waals surface area contributed by atoms with Gasteiger partial charge in [0.1, 0.15) is 0 Å². The van der Waals surface area contributed by atoms with Crippen molar-refractivity contribution in [3.63, 3.8) is 0 Å². The molecule has 6 heteroatoms. The molecule has 0 amide bonds. The summed E-state index contributed by atoms with van der Waals surface area (Å²) < 4.78 is 34.0.